The molecular formula is C42H65BrO10Si. The van der Waals surface area contributed by atoms with Crippen LogP contribution in [-0.2, 0) is 42.4 Å². The van der Waals surface area contributed by atoms with Gasteiger partial charge < -0.3 is 37.6 Å². The van der Waals surface area contributed by atoms with Gasteiger partial charge in [-0.2, -0.15) is 0 Å². The number of methoxy groups -OCH3 is 3. The van der Waals surface area contributed by atoms with Crippen LogP contribution < -0.4 is 4.74 Å². The molecule has 1 aromatic carbocycles. The van der Waals surface area contributed by atoms with Crippen LogP contribution in [0.15, 0.2) is 40.9 Å². The van der Waals surface area contributed by atoms with Crippen molar-refractivity contribution in [2.45, 2.75) is 148 Å². The fraction of sp³-hybridized carbons (Fsp3) is 0.714. The summed E-state index contributed by atoms with van der Waals surface area (Å²) in [4.78, 5) is 26.1. The number of hydrogen-bond acceptors (Lipinski definition) is 10. The molecule has 304 valence electrons. The number of rotatable bonds is 11. The summed E-state index contributed by atoms with van der Waals surface area (Å²) in [5, 5.41) is -0.0446. The highest BCUT2D eigenvalue weighted by Gasteiger charge is 2.49. The number of esters is 2. The first-order valence-corrected chi connectivity index (χ1v) is 23.3. The van der Waals surface area contributed by atoms with Gasteiger partial charge in [0.1, 0.15) is 36.3 Å². The van der Waals surface area contributed by atoms with E-state index in [9.17, 15) is 9.59 Å². The number of ether oxygens (including phenoxy) is 7. The van der Waals surface area contributed by atoms with E-state index in [2.05, 4.69) is 81.0 Å². The van der Waals surface area contributed by atoms with E-state index in [0.29, 0.717) is 12.2 Å². The lowest BCUT2D eigenvalue weighted by atomic mass is 9.77. The molecule has 0 amide bonds. The molecular weight excluding hydrogens is 772 g/mol. The molecule has 1 aliphatic carbocycles. The predicted octanol–water partition coefficient (Wildman–Crippen LogP) is 8.90. The third kappa shape index (κ3) is 10.9. The van der Waals surface area contributed by atoms with Crippen LogP contribution in [0.2, 0.25) is 18.1 Å². The van der Waals surface area contributed by atoms with Gasteiger partial charge in [0.05, 0.1) is 12.2 Å². The van der Waals surface area contributed by atoms with Gasteiger partial charge in [0.25, 0.3) is 0 Å². The highest BCUT2D eigenvalue weighted by Crippen LogP contribution is 2.46. The van der Waals surface area contributed by atoms with Crippen molar-refractivity contribution in [1.29, 1.82) is 0 Å². The van der Waals surface area contributed by atoms with Gasteiger partial charge in [0.2, 0.25) is 6.29 Å². The third-order valence-electron chi connectivity index (χ3n) is 12.0. The fourth-order valence-corrected chi connectivity index (χ4v) is 9.62. The van der Waals surface area contributed by atoms with Gasteiger partial charge in [-0.3, -0.25) is 9.59 Å². The Labute approximate surface area is 333 Å². The predicted molar refractivity (Wildman–Crippen MR) is 216 cm³/mol. The molecule has 0 spiro atoms. The molecule has 0 bridgehead atoms. The molecule has 2 heterocycles. The van der Waals surface area contributed by atoms with E-state index in [4.69, 9.17) is 37.6 Å². The molecule has 2 aliphatic heterocycles. The number of benzene rings is 1. The number of cyclic esters (lactones) is 1. The molecule has 3 aliphatic rings. The minimum absolute atomic E-state index is 0.0446. The quantitative estimate of drug-likeness (QED) is 0.122. The van der Waals surface area contributed by atoms with Gasteiger partial charge in [-0.1, -0.05) is 74.9 Å². The molecule has 0 aromatic heterocycles. The van der Waals surface area contributed by atoms with E-state index >= 15 is 0 Å². The summed E-state index contributed by atoms with van der Waals surface area (Å²) in [6, 6.07) is 5.78. The van der Waals surface area contributed by atoms with Crippen molar-refractivity contribution in [2.75, 3.05) is 21.3 Å². The zero-order valence-electron chi connectivity index (χ0n) is 34.5. The van der Waals surface area contributed by atoms with Crippen LogP contribution in [0.4, 0.5) is 0 Å². The Morgan fingerprint density at radius 2 is 1.69 bits per heavy atom. The highest BCUT2D eigenvalue weighted by molar-refractivity contribution is 9.10. The first-order valence-electron chi connectivity index (χ1n) is 19.6. The highest BCUT2D eigenvalue weighted by atomic mass is 79.9. The second-order valence-corrected chi connectivity index (χ2v) is 22.3. The second kappa shape index (κ2) is 19.4. The van der Waals surface area contributed by atoms with Gasteiger partial charge in [0.15, 0.2) is 8.32 Å². The van der Waals surface area contributed by atoms with E-state index in [1.807, 2.05) is 32.0 Å². The summed E-state index contributed by atoms with van der Waals surface area (Å²) < 4.78 is 50.1. The summed E-state index contributed by atoms with van der Waals surface area (Å²) >= 11 is 3.74. The Bertz CT molecular complexity index is 1460. The van der Waals surface area contributed by atoms with Crippen molar-refractivity contribution >= 4 is 42.3 Å². The average Bonchev–Trinajstić information content (AvgIpc) is 3.49. The zero-order chi connectivity index (χ0) is 40.0. The summed E-state index contributed by atoms with van der Waals surface area (Å²) in [7, 11) is 2.57. The lowest BCUT2D eigenvalue weighted by Crippen LogP contribution is -2.60. The summed E-state index contributed by atoms with van der Waals surface area (Å²) in [5.41, 5.74) is 0.902. The Balaban J connectivity index is 1.68. The minimum Gasteiger partial charge on any atom is -0.462 e. The van der Waals surface area contributed by atoms with Gasteiger partial charge in [-0.25, -0.2) is 0 Å². The van der Waals surface area contributed by atoms with Crippen molar-refractivity contribution in [2.24, 2.45) is 23.7 Å². The van der Waals surface area contributed by atoms with Gasteiger partial charge in [-0.15, -0.1) is 0 Å². The maximum atomic E-state index is 13.7. The number of fused-ring (bicyclic) bond motifs is 1. The standard InChI is InChI=1S/C42H65BrO10Si/c1-13-30-15-14-16-35(50-27(4)44)25(2)37(53-54(11,12)42(5,6)7)32-21-19-28(33(32)24-36(45)51-30)17-18-29-23-31(20-22-34(29)43)52-41-40(48-10)39(47-9)38(46-8)26(3)49-41/h17-23,25-26,28,30,32-33,35,37-41H,13-16,24H2,1-12H3/b18-17+/t25-,26+,28+,30+,32+,33-,35+,37+,38+,39-,40-,41+/m1/s1. The van der Waals surface area contributed by atoms with Gasteiger partial charge in [0, 0.05) is 51.0 Å². The first kappa shape index (κ1) is 44.6. The smallest absolute Gasteiger partial charge is 0.306 e. The normalized spacial score (nSPS) is 34.1. The maximum absolute atomic E-state index is 13.7. The number of halogens is 1. The van der Waals surface area contributed by atoms with Crippen molar-refractivity contribution in [1.82, 2.24) is 0 Å². The van der Waals surface area contributed by atoms with Gasteiger partial charge >= 0.3 is 11.9 Å². The molecule has 0 unspecified atom stereocenters. The second-order valence-electron chi connectivity index (χ2n) is 16.7. The van der Waals surface area contributed by atoms with E-state index < -0.39 is 20.7 Å². The molecule has 0 radical (unpaired) electrons. The Morgan fingerprint density at radius 1 is 1.00 bits per heavy atom. The molecule has 0 saturated carbocycles. The van der Waals surface area contributed by atoms with Crippen molar-refractivity contribution < 1.29 is 47.2 Å². The number of carbonyl (C=O) groups excluding carboxylic acids is 2. The zero-order valence-corrected chi connectivity index (χ0v) is 37.1. The lowest BCUT2D eigenvalue weighted by molar-refractivity contribution is -0.282. The SMILES string of the molecule is CC[C@H]1CCC[C@H](OC(C)=O)[C@@H](C)[C@H](O[Si](C)(C)C(C)(C)C)[C@H]2C=C[C@H](/C=C/c3cc(O[C@@H]4O[C@@H](C)[C@H](OC)[C@@H](OC)[C@H]4OC)ccc3Br)[C@H]2CC(=O)O1. The van der Waals surface area contributed by atoms with E-state index in [1.54, 1.807) is 21.3 Å². The van der Waals surface area contributed by atoms with E-state index in [1.165, 1.54) is 6.92 Å². The van der Waals surface area contributed by atoms with Crippen LogP contribution in [0.3, 0.4) is 0 Å². The molecule has 1 aromatic rings. The average molecular weight is 838 g/mol. The summed E-state index contributed by atoms with van der Waals surface area (Å²) in [6.07, 6.45) is 8.80. The maximum Gasteiger partial charge on any atom is 0.306 e. The van der Waals surface area contributed by atoms with Crippen molar-refractivity contribution in [3.63, 3.8) is 0 Å². The minimum atomic E-state index is -2.30. The van der Waals surface area contributed by atoms with Crippen LogP contribution >= 0.6 is 15.9 Å². The van der Waals surface area contributed by atoms with Crippen molar-refractivity contribution in [3.05, 3.63) is 46.5 Å². The Kier molecular flexibility index (Phi) is 16.0. The lowest BCUT2D eigenvalue weighted by Gasteiger charge is -2.45. The topological polar surface area (TPSA) is 108 Å². The summed E-state index contributed by atoms with van der Waals surface area (Å²) in [5.74, 6) is -0.285. The molecule has 12 heteroatoms. The van der Waals surface area contributed by atoms with Crippen LogP contribution in [-0.4, -0.2) is 90.6 Å². The number of hydrogen-bond donors (Lipinski definition) is 0. The summed E-state index contributed by atoms with van der Waals surface area (Å²) in [6.45, 7) is 18.8. The van der Waals surface area contributed by atoms with Crippen LogP contribution in [0.25, 0.3) is 6.08 Å². The molecule has 12 atom stereocenters. The Morgan fingerprint density at radius 3 is 2.30 bits per heavy atom. The van der Waals surface area contributed by atoms with Crippen molar-refractivity contribution in [3.8, 4) is 5.75 Å². The largest absolute Gasteiger partial charge is 0.462 e. The fourth-order valence-electron chi connectivity index (χ4n) is 7.84. The van der Waals surface area contributed by atoms with Gasteiger partial charge in [-0.05, 0) is 86.3 Å². The van der Waals surface area contributed by atoms with Crippen LogP contribution in [0, 0.1) is 23.7 Å². The third-order valence-corrected chi connectivity index (χ3v) is 17.2. The molecule has 2 saturated heterocycles. The number of carbonyl (C=O) groups is 2. The monoisotopic (exact) mass is 836 g/mol. The van der Waals surface area contributed by atoms with Crippen LogP contribution in [0.5, 0.6) is 5.75 Å². The molecule has 4 rings (SSSR count). The van der Waals surface area contributed by atoms with E-state index in [-0.39, 0.29) is 83.7 Å². The molecule has 0 N–H and O–H groups in total. The molecule has 54 heavy (non-hydrogen) atoms. The number of allylic oxidation sites excluding steroid dienone is 2. The first-order chi connectivity index (χ1) is 25.4. The van der Waals surface area contributed by atoms with Crippen LogP contribution in [0.1, 0.15) is 86.1 Å². The van der Waals surface area contributed by atoms with E-state index in [0.717, 1.165) is 29.3 Å². The molecule has 2 fully saturated rings. The Hall–Kier alpha value is -2.06. The molecule has 10 nitrogen and oxygen atoms in total.